The monoisotopic (exact) mass is 291 g/mol. The third-order valence-electron chi connectivity index (χ3n) is 2.38. The van der Waals surface area contributed by atoms with E-state index in [-0.39, 0.29) is 5.56 Å². The lowest BCUT2D eigenvalue weighted by molar-refractivity contribution is 0.112. The van der Waals surface area contributed by atoms with Crippen LogP contribution in [-0.4, -0.2) is 6.29 Å². The van der Waals surface area contributed by atoms with E-state index in [1.165, 1.54) is 6.07 Å². The second-order valence-corrected chi connectivity index (χ2v) is 4.50. The number of nitriles is 1. The van der Waals surface area contributed by atoms with Crippen LogP contribution in [0.25, 0.3) is 0 Å². The zero-order valence-corrected chi connectivity index (χ0v) is 11.1. The first-order valence-electron chi connectivity index (χ1n) is 5.26. The molecular formula is C14H7Cl2NO2. The number of ether oxygens (including phenoxy) is 1. The quantitative estimate of drug-likeness (QED) is 0.784. The summed E-state index contributed by atoms with van der Waals surface area (Å²) in [7, 11) is 0. The van der Waals surface area contributed by atoms with Crippen molar-refractivity contribution in [2.75, 3.05) is 0 Å². The molecule has 19 heavy (non-hydrogen) atoms. The van der Waals surface area contributed by atoms with E-state index in [0.717, 1.165) is 0 Å². The van der Waals surface area contributed by atoms with Crippen LogP contribution in [0.3, 0.4) is 0 Å². The van der Waals surface area contributed by atoms with E-state index in [2.05, 4.69) is 0 Å². The first-order chi connectivity index (χ1) is 9.13. The van der Waals surface area contributed by atoms with Gasteiger partial charge in [-0.15, -0.1) is 0 Å². The fraction of sp³-hybridized carbons (Fsp3) is 0. The summed E-state index contributed by atoms with van der Waals surface area (Å²) in [5, 5.41) is 9.63. The van der Waals surface area contributed by atoms with Crippen molar-refractivity contribution >= 4 is 29.5 Å². The Kier molecular flexibility index (Phi) is 4.06. The SMILES string of the molecule is N#Cc1ccc(Oc2cc(Cl)ccc2Cl)c(C=O)c1. The summed E-state index contributed by atoms with van der Waals surface area (Å²) in [5.74, 6) is 0.667. The number of hydrogen-bond acceptors (Lipinski definition) is 3. The van der Waals surface area contributed by atoms with Gasteiger partial charge in [0.15, 0.2) is 6.29 Å². The molecule has 0 aliphatic heterocycles. The Bertz CT molecular complexity index is 678. The van der Waals surface area contributed by atoms with Crippen LogP contribution in [0.5, 0.6) is 11.5 Å². The summed E-state index contributed by atoms with van der Waals surface area (Å²) in [5.41, 5.74) is 0.654. The predicted molar refractivity (Wildman–Crippen MR) is 73.1 cm³/mol. The van der Waals surface area contributed by atoms with Crippen LogP contribution in [-0.2, 0) is 0 Å². The average Bonchev–Trinajstić information content (AvgIpc) is 2.43. The summed E-state index contributed by atoms with van der Waals surface area (Å²) < 4.78 is 5.55. The molecule has 2 aromatic carbocycles. The molecule has 5 heteroatoms. The summed E-state index contributed by atoms with van der Waals surface area (Å²) in [4.78, 5) is 11.0. The van der Waals surface area contributed by atoms with Crippen LogP contribution in [0.2, 0.25) is 10.0 Å². The summed E-state index contributed by atoms with van der Waals surface area (Å²) >= 11 is 11.8. The summed E-state index contributed by atoms with van der Waals surface area (Å²) in [6.45, 7) is 0. The van der Waals surface area contributed by atoms with Gasteiger partial charge in [-0.3, -0.25) is 4.79 Å². The minimum absolute atomic E-state index is 0.273. The van der Waals surface area contributed by atoms with E-state index in [1.807, 2.05) is 6.07 Å². The zero-order chi connectivity index (χ0) is 13.8. The molecule has 0 aliphatic rings. The number of aldehydes is 1. The fourth-order valence-electron chi connectivity index (χ4n) is 1.48. The molecule has 0 bridgehead atoms. The highest BCUT2D eigenvalue weighted by molar-refractivity contribution is 6.34. The van der Waals surface area contributed by atoms with Crippen LogP contribution in [0, 0.1) is 11.3 Å². The van der Waals surface area contributed by atoms with Gasteiger partial charge in [0.1, 0.15) is 11.5 Å². The molecule has 0 radical (unpaired) electrons. The minimum Gasteiger partial charge on any atom is -0.455 e. The molecule has 0 fully saturated rings. The number of benzene rings is 2. The van der Waals surface area contributed by atoms with E-state index in [0.29, 0.717) is 33.4 Å². The van der Waals surface area contributed by atoms with Gasteiger partial charge in [0.25, 0.3) is 0 Å². The lowest BCUT2D eigenvalue weighted by Crippen LogP contribution is -1.92. The molecule has 3 nitrogen and oxygen atoms in total. The highest BCUT2D eigenvalue weighted by Gasteiger charge is 2.09. The van der Waals surface area contributed by atoms with Crippen molar-refractivity contribution in [2.45, 2.75) is 0 Å². The van der Waals surface area contributed by atoms with Gasteiger partial charge in [0.2, 0.25) is 0 Å². The van der Waals surface area contributed by atoms with Gasteiger partial charge in [0.05, 0.1) is 22.2 Å². The Balaban J connectivity index is 2.41. The molecule has 0 saturated carbocycles. The highest BCUT2D eigenvalue weighted by Crippen LogP contribution is 2.33. The minimum atomic E-state index is 0.273. The average molecular weight is 292 g/mol. The maximum absolute atomic E-state index is 11.0. The van der Waals surface area contributed by atoms with Crippen molar-refractivity contribution in [3.63, 3.8) is 0 Å². The van der Waals surface area contributed by atoms with Crippen molar-refractivity contribution in [3.05, 3.63) is 57.6 Å². The Labute approximate surface area is 119 Å². The number of halogens is 2. The lowest BCUT2D eigenvalue weighted by Gasteiger charge is -2.10. The van der Waals surface area contributed by atoms with Gasteiger partial charge in [0, 0.05) is 11.1 Å². The van der Waals surface area contributed by atoms with Crippen LogP contribution in [0.1, 0.15) is 15.9 Å². The van der Waals surface area contributed by atoms with Crippen LogP contribution in [0.15, 0.2) is 36.4 Å². The van der Waals surface area contributed by atoms with Gasteiger partial charge in [-0.05, 0) is 30.3 Å². The van der Waals surface area contributed by atoms with Gasteiger partial charge in [-0.2, -0.15) is 5.26 Å². The van der Waals surface area contributed by atoms with Gasteiger partial charge in [-0.1, -0.05) is 23.2 Å². The normalized spacial score (nSPS) is 9.74. The predicted octanol–water partition coefficient (Wildman–Crippen LogP) is 4.47. The van der Waals surface area contributed by atoms with Crippen LogP contribution in [0.4, 0.5) is 0 Å². The number of carbonyl (C=O) groups excluding carboxylic acids is 1. The van der Waals surface area contributed by atoms with E-state index in [1.54, 1.807) is 30.3 Å². The standard InChI is InChI=1S/C14H7Cl2NO2/c15-11-2-3-12(16)14(6-11)19-13-4-1-9(7-17)5-10(13)8-18/h1-6,8H. The molecule has 0 N–H and O–H groups in total. The summed E-state index contributed by atoms with van der Waals surface area (Å²) in [6.07, 6.45) is 0.620. The zero-order valence-electron chi connectivity index (χ0n) is 9.56. The van der Waals surface area contributed by atoms with E-state index < -0.39 is 0 Å². The molecule has 0 aromatic heterocycles. The third kappa shape index (κ3) is 3.05. The smallest absolute Gasteiger partial charge is 0.153 e. The van der Waals surface area contributed by atoms with Gasteiger partial charge >= 0.3 is 0 Å². The first-order valence-corrected chi connectivity index (χ1v) is 6.02. The van der Waals surface area contributed by atoms with Crippen LogP contribution < -0.4 is 4.74 Å². The van der Waals surface area contributed by atoms with Gasteiger partial charge < -0.3 is 4.74 Å². The lowest BCUT2D eigenvalue weighted by atomic mass is 10.1. The van der Waals surface area contributed by atoms with Crippen molar-refractivity contribution in [2.24, 2.45) is 0 Å². The fourth-order valence-corrected chi connectivity index (χ4v) is 1.80. The number of carbonyl (C=O) groups is 1. The topological polar surface area (TPSA) is 50.1 Å². The molecule has 0 saturated heterocycles. The maximum atomic E-state index is 11.0. The Morgan fingerprint density at radius 1 is 1.11 bits per heavy atom. The molecule has 0 spiro atoms. The van der Waals surface area contributed by atoms with Crippen molar-refractivity contribution in [3.8, 4) is 17.6 Å². The van der Waals surface area contributed by atoms with Crippen molar-refractivity contribution in [1.29, 1.82) is 5.26 Å². The molecule has 94 valence electrons. The largest absolute Gasteiger partial charge is 0.455 e. The summed E-state index contributed by atoms with van der Waals surface area (Å²) in [6, 6.07) is 11.3. The molecule has 2 rings (SSSR count). The molecule has 0 aliphatic carbocycles. The van der Waals surface area contributed by atoms with Crippen LogP contribution >= 0.6 is 23.2 Å². The molecule has 0 unspecified atom stereocenters. The highest BCUT2D eigenvalue weighted by atomic mass is 35.5. The Morgan fingerprint density at radius 2 is 1.89 bits per heavy atom. The van der Waals surface area contributed by atoms with Crippen molar-refractivity contribution < 1.29 is 9.53 Å². The third-order valence-corrected chi connectivity index (χ3v) is 2.93. The first kappa shape index (κ1) is 13.4. The molecule has 0 amide bonds. The molecule has 2 aromatic rings. The number of rotatable bonds is 3. The van der Waals surface area contributed by atoms with Gasteiger partial charge in [-0.25, -0.2) is 0 Å². The second kappa shape index (κ2) is 5.75. The van der Waals surface area contributed by atoms with Crippen molar-refractivity contribution in [1.82, 2.24) is 0 Å². The second-order valence-electron chi connectivity index (χ2n) is 3.66. The van der Waals surface area contributed by atoms with E-state index in [9.17, 15) is 4.79 Å². The maximum Gasteiger partial charge on any atom is 0.153 e. The Morgan fingerprint density at radius 3 is 2.58 bits per heavy atom. The molecule has 0 heterocycles. The van der Waals surface area contributed by atoms with E-state index in [4.69, 9.17) is 33.2 Å². The molecular weight excluding hydrogens is 285 g/mol. The molecule has 0 atom stereocenters. The number of hydrogen-bond donors (Lipinski definition) is 0. The van der Waals surface area contributed by atoms with E-state index >= 15 is 0 Å². The Hall–Kier alpha value is -2.02. The number of nitrogens with zero attached hydrogens (tertiary/aromatic N) is 1.